The molecule has 1 aliphatic heterocycles. The maximum Gasteiger partial charge on any atom is 0.167 e. The monoisotopic (exact) mass is 171 g/mol. The standard InChI is InChI=1S/C9H17NO2/c1-12-9(11)4-6-10(7-5-9)8-2-3-8/h8,11H,2-7H2,1H3. The number of nitrogens with zero attached hydrogens (tertiary/aromatic N) is 1. The largest absolute Gasteiger partial charge is 0.365 e. The number of piperidine rings is 1. The summed E-state index contributed by atoms with van der Waals surface area (Å²) in [7, 11) is 1.59. The Kier molecular flexibility index (Phi) is 2.10. The molecule has 0 radical (unpaired) electrons. The Labute approximate surface area is 73.3 Å². The van der Waals surface area contributed by atoms with Crippen LogP contribution in [0.4, 0.5) is 0 Å². The molecule has 1 heterocycles. The van der Waals surface area contributed by atoms with E-state index in [0.717, 1.165) is 32.0 Å². The van der Waals surface area contributed by atoms with Crippen LogP contribution in [0, 0.1) is 0 Å². The zero-order valence-electron chi connectivity index (χ0n) is 7.62. The van der Waals surface area contributed by atoms with Gasteiger partial charge in [0.25, 0.3) is 0 Å². The summed E-state index contributed by atoms with van der Waals surface area (Å²) in [5.41, 5.74) is 0. The van der Waals surface area contributed by atoms with E-state index in [4.69, 9.17) is 4.74 Å². The van der Waals surface area contributed by atoms with E-state index < -0.39 is 5.79 Å². The summed E-state index contributed by atoms with van der Waals surface area (Å²) in [6, 6.07) is 0.825. The van der Waals surface area contributed by atoms with Crippen LogP contribution >= 0.6 is 0 Å². The third kappa shape index (κ3) is 1.63. The van der Waals surface area contributed by atoms with Crippen molar-refractivity contribution in [3.63, 3.8) is 0 Å². The third-order valence-corrected chi connectivity index (χ3v) is 3.02. The molecule has 2 fully saturated rings. The molecule has 0 bridgehead atoms. The van der Waals surface area contributed by atoms with Crippen LogP contribution in [0.3, 0.4) is 0 Å². The van der Waals surface area contributed by atoms with Crippen LogP contribution in [0.1, 0.15) is 25.7 Å². The van der Waals surface area contributed by atoms with Crippen LogP contribution in [-0.4, -0.2) is 42.0 Å². The average Bonchev–Trinajstić information content (AvgIpc) is 2.89. The quantitative estimate of drug-likeness (QED) is 0.617. The van der Waals surface area contributed by atoms with Crippen molar-refractivity contribution in [2.45, 2.75) is 37.5 Å². The topological polar surface area (TPSA) is 32.7 Å². The lowest BCUT2D eigenvalue weighted by Gasteiger charge is -2.37. The minimum atomic E-state index is -0.828. The van der Waals surface area contributed by atoms with Crippen molar-refractivity contribution in [1.82, 2.24) is 4.90 Å². The molecule has 2 rings (SSSR count). The third-order valence-electron chi connectivity index (χ3n) is 3.02. The van der Waals surface area contributed by atoms with E-state index in [1.165, 1.54) is 12.8 Å². The number of ether oxygens (including phenoxy) is 1. The average molecular weight is 171 g/mol. The lowest BCUT2D eigenvalue weighted by Crippen LogP contribution is -2.46. The van der Waals surface area contributed by atoms with Crippen molar-refractivity contribution >= 4 is 0 Å². The van der Waals surface area contributed by atoms with Gasteiger partial charge < -0.3 is 9.84 Å². The molecule has 3 heteroatoms. The summed E-state index contributed by atoms with van der Waals surface area (Å²) in [5, 5.41) is 9.75. The number of aliphatic hydroxyl groups is 1. The van der Waals surface area contributed by atoms with Gasteiger partial charge in [0.15, 0.2) is 5.79 Å². The van der Waals surface area contributed by atoms with Crippen LogP contribution in [0.5, 0.6) is 0 Å². The first kappa shape index (κ1) is 8.48. The molecule has 0 aromatic carbocycles. The zero-order valence-corrected chi connectivity index (χ0v) is 7.62. The molecular formula is C9H17NO2. The first-order valence-corrected chi connectivity index (χ1v) is 4.75. The minimum Gasteiger partial charge on any atom is -0.365 e. The van der Waals surface area contributed by atoms with Crippen LogP contribution in [0.25, 0.3) is 0 Å². The molecule has 1 saturated carbocycles. The van der Waals surface area contributed by atoms with E-state index in [-0.39, 0.29) is 0 Å². The second kappa shape index (κ2) is 2.98. The number of hydrogen-bond donors (Lipinski definition) is 1. The van der Waals surface area contributed by atoms with Crippen molar-refractivity contribution < 1.29 is 9.84 Å². The van der Waals surface area contributed by atoms with Gasteiger partial charge in [-0.15, -0.1) is 0 Å². The molecule has 0 aromatic rings. The highest BCUT2D eigenvalue weighted by Crippen LogP contribution is 2.32. The molecule has 2 aliphatic rings. The molecule has 3 nitrogen and oxygen atoms in total. The number of methoxy groups -OCH3 is 1. The Morgan fingerprint density at radius 1 is 1.33 bits per heavy atom. The molecule has 1 aliphatic carbocycles. The van der Waals surface area contributed by atoms with E-state index in [1.54, 1.807) is 7.11 Å². The van der Waals surface area contributed by atoms with Gasteiger partial charge in [-0.25, -0.2) is 0 Å². The first-order chi connectivity index (χ1) is 5.73. The summed E-state index contributed by atoms with van der Waals surface area (Å²) >= 11 is 0. The normalized spacial score (nSPS) is 30.5. The summed E-state index contributed by atoms with van der Waals surface area (Å²) < 4.78 is 5.06. The Bertz CT molecular complexity index is 160. The highest BCUT2D eigenvalue weighted by Gasteiger charge is 2.37. The van der Waals surface area contributed by atoms with E-state index in [1.807, 2.05) is 0 Å². The van der Waals surface area contributed by atoms with Gasteiger partial charge in [0, 0.05) is 39.1 Å². The fourth-order valence-corrected chi connectivity index (χ4v) is 1.88. The lowest BCUT2D eigenvalue weighted by atomic mass is 10.0. The fraction of sp³-hybridized carbons (Fsp3) is 1.00. The number of likely N-dealkylation sites (tertiary alicyclic amines) is 1. The molecule has 0 amide bonds. The SMILES string of the molecule is COC1(O)CCN(C2CC2)CC1. The summed E-state index contributed by atoms with van der Waals surface area (Å²) in [5.74, 6) is -0.828. The van der Waals surface area contributed by atoms with Gasteiger partial charge in [0.05, 0.1) is 0 Å². The smallest absolute Gasteiger partial charge is 0.167 e. The van der Waals surface area contributed by atoms with Crippen molar-refractivity contribution in [3.8, 4) is 0 Å². The van der Waals surface area contributed by atoms with Crippen molar-refractivity contribution in [3.05, 3.63) is 0 Å². The molecule has 70 valence electrons. The number of rotatable bonds is 2. The summed E-state index contributed by atoms with van der Waals surface area (Å²) in [6.07, 6.45) is 4.23. The zero-order chi connectivity index (χ0) is 8.60. The van der Waals surface area contributed by atoms with E-state index in [2.05, 4.69) is 4.90 Å². The molecule has 1 N–H and O–H groups in total. The van der Waals surface area contributed by atoms with Crippen molar-refractivity contribution in [2.75, 3.05) is 20.2 Å². The summed E-state index contributed by atoms with van der Waals surface area (Å²) in [4.78, 5) is 2.47. The van der Waals surface area contributed by atoms with Crippen LogP contribution in [0.2, 0.25) is 0 Å². The van der Waals surface area contributed by atoms with Gasteiger partial charge in [-0.1, -0.05) is 0 Å². The second-order valence-electron chi connectivity index (χ2n) is 3.92. The van der Waals surface area contributed by atoms with Crippen molar-refractivity contribution in [2.24, 2.45) is 0 Å². The van der Waals surface area contributed by atoms with E-state index in [0.29, 0.717) is 0 Å². The minimum absolute atomic E-state index is 0.764. The second-order valence-corrected chi connectivity index (χ2v) is 3.92. The highest BCUT2D eigenvalue weighted by atomic mass is 16.6. The molecule has 0 spiro atoms. The fourth-order valence-electron chi connectivity index (χ4n) is 1.88. The van der Waals surface area contributed by atoms with Gasteiger partial charge in [-0.05, 0) is 12.8 Å². The summed E-state index contributed by atoms with van der Waals surface area (Å²) in [6.45, 7) is 1.99. The predicted molar refractivity (Wildman–Crippen MR) is 45.8 cm³/mol. The Balaban J connectivity index is 1.83. The maximum atomic E-state index is 9.75. The highest BCUT2D eigenvalue weighted by molar-refractivity contribution is 4.89. The predicted octanol–water partition coefficient (Wildman–Crippen LogP) is 0.580. The molecule has 1 saturated heterocycles. The maximum absolute atomic E-state index is 9.75. The van der Waals surface area contributed by atoms with Gasteiger partial charge in [-0.3, -0.25) is 4.90 Å². The Morgan fingerprint density at radius 3 is 2.33 bits per heavy atom. The molecule has 0 atom stereocenters. The molecular weight excluding hydrogens is 154 g/mol. The first-order valence-electron chi connectivity index (χ1n) is 4.75. The number of hydrogen-bond acceptors (Lipinski definition) is 3. The molecule has 0 unspecified atom stereocenters. The lowest BCUT2D eigenvalue weighted by molar-refractivity contribution is -0.210. The molecule has 0 aromatic heterocycles. The van der Waals surface area contributed by atoms with Gasteiger partial charge >= 0.3 is 0 Å². The van der Waals surface area contributed by atoms with E-state index >= 15 is 0 Å². The Morgan fingerprint density at radius 2 is 1.92 bits per heavy atom. The van der Waals surface area contributed by atoms with Crippen molar-refractivity contribution in [1.29, 1.82) is 0 Å². The molecule has 12 heavy (non-hydrogen) atoms. The van der Waals surface area contributed by atoms with E-state index in [9.17, 15) is 5.11 Å². The van der Waals surface area contributed by atoms with Crippen LogP contribution in [0.15, 0.2) is 0 Å². The Hall–Kier alpha value is -0.120. The van der Waals surface area contributed by atoms with Crippen LogP contribution in [-0.2, 0) is 4.74 Å². The van der Waals surface area contributed by atoms with Crippen LogP contribution < -0.4 is 0 Å². The van der Waals surface area contributed by atoms with Gasteiger partial charge in [-0.2, -0.15) is 0 Å². The van der Waals surface area contributed by atoms with Gasteiger partial charge in [0.1, 0.15) is 0 Å². The van der Waals surface area contributed by atoms with Gasteiger partial charge in [0.2, 0.25) is 0 Å².